The number of para-hydroxylation sites is 1. The molecule has 2 unspecified atom stereocenters. The molecule has 1 fully saturated rings. The zero-order valence-corrected chi connectivity index (χ0v) is 12.8. The van der Waals surface area contributed by atoms with Crippen molar-refractivity contribution in [1.29, 1.82) is 0 Å². The summed E-state index contributed by atoms with van der Waals surface area (Å²) in [6, 6.07) is 8.05. The summed E-state index contributed by atoms with van der Waals surface area (Å²) in [5, 5.41) is 1.04. The van der Waals surface area contributed by atoms with Gasteiger partial charge in [0.25, 0.3) is 0 Å². The lowest BCUT2D eigenvalue weighted by atomic mass is 9.98. The van der Waals surface area contributed by atoms with Gasteiger partial charge in [0.05, 0.1) is 26.7 Å². The van der Waals surface area contributed by atoms with Crippen molar-refractivity contribution < 1.29 is 8.42 Å². The third-order valence-electron chi connectivity index (χ3n) is 3.74. The Labute approximate surface area is 122 Å². The van der Waals surface area contributed by atoms with Crippen molar-refractivity contribution in [2.45, 2.75) is 25.3 Å². The second kappa shape index (κ2) is 5.42. The molecule has 0 radical (unpaired) electrons. The number of nitrogens with zero attached hydrogens (tertiary/aromatic N) is 1. The Hall–Kier alpha value is -0.980. The van der Waals surface area contributed by atoms with Crippen LogP contribution in [-0.4, -0.2) is 30.9 Å². The summed E-state index contributed by atoms with van der Waals surface area (Å²) in [4.78, 5) is 4.58. The van der Waals surface area contributed by atoms with E-state index in [2.05, 4.69) is 11.1 Å². The predicted molar refractivity (Wildman–Crippen MR) is 82.7 cm³/mol. The highest BCUT2D eigenvalue weighted by Gasteiger charge is 2.29. The maximum absolute atomic E-state index is 11.4. The smallest absolute Gasteiger partial charge is 0.150 e. The van der Waals surface area contributed by atoms with Crippen molar-refractivity contribution in [2.24, 2.45) is 11.7 Å². The lowest BCUT2D eigenvalue weighted by Crippen LogP contribution is -2.26. The SMILES string of the molecule is NC(Cc1nc2ccccc2s1)CC1CCS(=O)(=O)C1. The van der Waals surface area contributed by atoms with Crippen LogP contribution in [0.1, 0.15) is 17.8 Å². The molecule has 1 aromatic carbocycles. The van der Waals surface area contributed by atoms with Crippen LogP contribution in [0.2, 0.25) is 0 Å². The highest BCUT2D eigenvalue weighted by Crippen LogP contribution is 2.26. The molecule has 1 aliphatic heterocycles. The van der Waals surface area contributed by atoms with Gasteiger partial charge < -0.3 is 5.73 Å². The fourth-order valence-corrected chi connectivity index (χ4v) is 5.74. The fraction of sp³-hybridized carbons (Fsp3) is 0.500. The summed E-state index contributed by atoms with van der Waals surface area (Å²) in [5.41, 5.74) is 7.18. The van der Waals surface area contributed by atoms with Crippen molar-refractivity contribution in [1.82, 2.24) is 4.98 Å². The molecule has 0 spiro atoms. The molecule has 0 saturated carbocycles. The van der Waals surface area contributed by atoms with Gasteiger partial charge in [-0.2, -0.15) is 0 Å². The van der Waals surface area contributed by atoms with Gasteiger partial charge >= 0.3 is 0 Å². The molecule has 2 heterocycles. The monoisotopic (exact) mass is 310 g/mol. The van der Waals surface area contributed by atoms with Gasteiger partial charge in [-0.05, 0) is 30.9 Å². The Bertz CT molecular complexity index is 676. The van der Waals surface area contributed by atoms with Gasteiger partial charge in [-0.3, -0.25) is 0 Å². The van der Waals surface area contributed by atoms with Crippen LogP contribution >= 0.6 is 11.3 Å². The summed E-state index contributed by atoms with van der Waals surface area (Å²) in [5.74, 6) is 0.857. The molecule has 1 aromatic heterocycles. The third kappa shape index (κ3) is 3.19. The molecule has 3 rings (SSSR count). The van der Waals surface area contributed by atoms with E-state index in [1.54, 1.807) is 11.3 Å². The fourth-order valence-electron chi connectivity index (χ4n) is 2.80. The lowest BCUT2D eigenvalue weighted by Gasteiger charge is -2.13. The number of hydrogen-bond acceptors (Lipinski definition) is 5. The predicted octanol–water partition coefficient (Wildman–Crippen LogP) is 1.99. The number of sulfone groups is 1. The first-order valence-corrected chi connectivity index (χ1v) is 9.46. The molecule has 0 amide bonds. The molecule has 108 valence electrons. The zero-order valence-electron chi connectivity index (χ0n) is 11.2. The van der Waals surface area contributed by atoms with Crippen molar-refractivity contribution in [3.8, 4) is 0 Å². The Morgan fingerprint density at radius 1 is 1.40 bits per heavy atom. The van der Waals surface area contributed by atoms with E-state index in [4.69, 9.17) is 5.73 Å². The molecule has 2 aromatic rings. The van der Waals surface area contributed by atoms with Crippen LogP contribution in [0.5, 0.6) is 0 Å². The summed E-state index contributed by atoms with van der Waals surface area (Å²) in [6.45, 7) is 0. The van der Waals surface area contributed by atoms with Crippen LogP contribution in [0.25, 0.3) is 10.2 Å². The Morgan fingerprint density at radius 3 is 2.90 bits per heavy atom. The number of nitrogens with two attached hydrogens (primary N) is 1. The molecule has 0 bridgehead atoms. The summed E-state index contributed by atoms with van der Waals surface area (Å²) in [6.07, 6.45) is 2.26. The Balaban J connectivity index is 1.62. The van der Waals surface area contributed by atoms with Gasteiger partial charge in [0, 0.05) is 12.5 Å². The van der Waals surface area contributed by atoms with Gasteiger partial charge in [-0.1, -0.05) is 12.1 Å². The van der Waals surface area contributed by atoms with E-state index in [9.17, 15) is 8.42 Å². The minimum Gasteiger partial charge on any atom is -0.327 e. The van der Waals surface area contributed by atoms with Gasteiger partial charge in [0.1, 0.15) is 0 Å². The molecular weight excluding hydrogens is 292 g/mol. The van der Waals surface area contributed by atoms with Crippen LogP contribution in [0.4, 0.5) is 0 Å². The maximum Gasteiger partial charge on any atom is 0.150 e. The van der Waals surface area contributed by atoms with Crippen molar-refractivity contribution in [3.63, 3.8) is 0 Å². The number of benzene rings is 1. The van der Waals surface area contributed by atoms with Gasteiger partial charge in [0.15, 0.2) is 9.84 Å². The molecule has 0 aliphatic carbocycles. The highest BCUT2D eigenvalue weighted by atomic mass is 32.2. The zero-order chi connectivity index (χ0) is 14.2. The van der Waals surface area contributed by atoms with E-state index in [-0.39, 0.29) is 12.0 Å². The van der Waals surface area contributed by atoms with Crippen LogP contribution in [-0.2, 0) is 16.3 Å². The minimum absolute atomic E-state index is 0.00568. The molecule has 2 N–H and O–H groups in total. The van der Waals surface area contributed by atoms with Crippen LogP contribution in [0, 0.1) is 5.92 Å². The van der Waals surface area contributed by atoms with Gasteiger partial charge in [0.2, 0.25) is 0 Å². The van der Waals surface area contributed by atoms with Crippen LogP contribution in [0.3, 0.4) is 0 Å². The third-order valence-corrected chi connectivity index (χ3v) is 6.63. The first-order valence-electron chi connectivity index (χ1n) is 6.82. The van der Waals surface area contributed by atoms with E-state index in [1.165, 1.54) is 4.70 Å². The average molecular weight is 310 g/mol. The molecule has 2 atom stereocenters. The number of fused-ring (bicyclic) bond motifs is 1. The largest absolute Gasteiger partial charge is 0.327 e. The van der Waals surface area contributed by atoms with E-state index in [0.29, 0.717) is 11.5 Å². The lowest BCUT2D eigenvalue weighted by molar-refractivity contribution is 0.468. The number of aromatic nitrogens is 1. The molecule has 1 saturated heterocycles. The van der Waals surface area contributed by atoms with Crippen molar-refractivity contribution in [3.05, 3.63) is 29.3 Å². The molecule has 1 aliphatic rings. The van der Waals surface area contributed by atoms with Gasteiger partial charge in [-0.25, -0.2) is 13.4 Å². The Kier molecular flexibility index (Phi) is 3.79. The first kappa shape index (κ1) is 14.0. The van der Waals surface area contributed by atoms with E-state index in [1.807, 2.05) is 18.2 Å². The average Bonchev–Trinajstić information content (AvgIpc) is 2.91. The second-order valence-corrected chi connectivity index (χ2v) is 8.89. The van der Waals surface area contributed by atoms with E-state index < -0.39 is 9.84 Å². The quantitative estimate of drug-likeness (QED) is 0.937. The number of rotatable bonds is 4. The standard InChI is InChI=1S/C14H18N2O2S2/c15-11(7-10-5-6-20(17,18)9-10)8-14-16-12-3-1-2-4-13(12)19-14/h1-4,10-11H,5-9,15H2. The van der Waals surface area contributed by atoms with Crippen LogP contribution in [0.15, 0.2) is 24.3 Å². The minimum atomic E-state index is -2.80. The topological polar surface area (TPSA) is 73.0 Å². The van der Waals surface area contributed by atoms with E-state index >= 15 is 0 Å². The van der Waals surface area contributed by atoms with Crippen LogP contribution < -0.4 is 5.73 Å². The molecule has 20 heavy (non-hydrogen) atoms. The Morgan fingerprint density at radius 2 is 2.20 bits per heavy atom. The summed E-state index contributed by atoms with van der Waals surface area (Å²) < 4.78 is 24.1. The maximum atomic E-state index is 11.4. The molecule has 4 nitrogen and oxygen atoms in total. The summed E-state index contributed by atoms with van der Waals surface area (Å²) >= 11 is 1.67. The molecule has 6 heteroatoms. The summed E-state index contributed by atoms with van der Waals surface area (Å²) in [7, 11) is -2.80. The number of hydrogen-bond donors (Lipinski definition) is 1. The van der Waals surface area contributed by atoms with Crippen molar-refractivity contribution >= 4 is 31.4 Å². The van der Waals surface area contributed by atoms with Gasteiger partial charge in [-0.15, -0.1) is 11.3 Å². The van der Waals surface area contributed by atoms with Crippen molar-refractivity contribution in [2.75, 3.05) is 11.5 Å². The normalized spacial score (nSPS) is 23.1. The van der Waals surface area contributed by atoms with E-state index in [0.717, 1.165) is 29.8 Å². The number of thiazole rings is 1. The molecular formula is C14H18N2O2S2. The first-order chi connectivity index (χ1) is 9.52. The second-order valence-electron chi connectivity index (χ2n) is 5.54. The highest BCUT2D eigenvalue weighted by molar-refractivity contribution is 7.91.